The highest BCUT2D eigenvalue weighted by molar-refractivity contribution is 7.90. The van der Waals surface area contributed by atoms with Crippen LogP contribution in [0, 0.1) is 16.2 Å². The maximum Gasteiger partial charge on any atom is 0.422 e. The number of halogens is 1. The third-order valence-corrected chi connectivity index (χ3v) is 8.88. The second-order valence-corrected chi connectivity index (χ2v) is 14.1. The van der Waals surface area contributed by atoms with Gasteiger partial charge in [-0.3, -0.25) is 4.79 Å². The SMILES string of the molecule is CC1(C)CC(=O)C2=C(C1)CC1(C)CC(C)(C)CC2(OC(=O)NS(=O)(=O)c2ccccc2Cl)C1. The Kier molecular flexibility index (Phi) is 5.57. The topological polar surface area (TPSA) is 89.5 Å². The number of carbonyl (C=O) groups is 2. The lowest BCUT2D eigenvalue weighted by atomic mass is 9.49. The molecular formula is C25H32ClNO5S. The Bertz CT molecular complexity index is 1170. The van der Waals surface area contributed by atoms with Crippen LogP contribution in [0.15, 0.2) is 40.3 Å². The Morgan fingerprint density at radius 3 is 2.30 bits per heavy atom. The van der Waals surface area contributed by atoms with Gasteiger partial charge < -0.3 is 4.74 Å². The molecule has 8 heteroatoms. The average molecular weight is 494 g/mol. The molecule has 0 aromatic heterocycles. The van der Waals surface area contributed by atoms with Gasteiger partial charge in [-0.2, -0.15) is 0 Å². The summed E-state index contributed by atoms with van der Waals surface area (Å²) in [5.74, 6) is 0.00256. The van der Waals surface area contributed by atoms with Crippen LogP contribution < -0.4 is 4.72 Å². The highest BCUT2D eigenvalue weighted by atomic mass is 35.5. The second kappa shape index (κ2) is 7.57. The van der Waals surface area contributed by atoms with Gasteiger partial charge in [0, 0.05) is 12.0 Å². The van der Waals surface area contributed by atoms with Crippen molar-refractivity contribution in [1.82, 2.24) is 4.72 Å². The number of ether oxygens (including phenoxy) is 1. The summed E-state index contributed by atoms with van der Waals surface area (Å²) in [5, 5.41) is 0.00897. The van der Waals surface area contributed by atoms with Gasteiger partial charge in [0.1, 0.15) is 10.5 Å². The maximum absolute atomic E-state index is 13.4. The normalized spacial score (nSPS) is 30.4. The Morgan fingerprint density at radius 2 is 1.64 bits per heavy atom. The van der Waals surface area contributed by atoms with E-state index in [2.05, 4.69) is 34.6 Å². The van der Waals surface area contributed by atoms with Crippen molar-refractivity contribution in [3.8, 4) is 0 Å². The zero-order valence-corrected chi connectivity index (χ0v) is 21.5. The second-order valence-electron chi connectivity index (χ2n) is 12.0. The molecule has 1 aromatic rings. The molecule has 1 amide bonds. The van der Waals surface area contributed by atoms with Gasteiger partial charge in [0.15, 0.2) is 5.78 Å². The van der Waals surface area contributed by atoms with Crippen LogP contribution >= 0.6 is 11.6 Å². The Balaban J connectivity index is 1.73. The van der Waals surface area contributed by atoms with E-state index >= 15 is 0 Å². The number of benzene rings is 1. The third-order valence-electron chi connectivity index (χ3n) is 7.07. The first-order valence-corrected chi connectivity index (χ1v) is 13.2. The van der Waals surface area contributed by atoms with Crippen molar-refractivity contribution >= 4 is 33.5 Å². The fourth-order valence-electron chi connectivity index (χ4n) is 6.95. The van der Waals surface area contributed by atoms with E-state index in [1.54, 1.807) is 6.07 Å². The Hall–Kier alpha value is -1.86. The number of Topliss-reactive ketones (excluding diaryl/α,β-unsaturated/α-hetero) is 1. The summed E-state index contributed by atoms with van der Waals surface area (Å²) in [5.41, 5.74) is 0.0402. The number of hydrogen-bond donors (Lipinski definition) is 1. The Morgan fingerprint density at radius 1 is 0.970 bits per heavy atom. The lowest BCUT2D eigenvalue weighted by Gasteiger charge is -2.58. The zero-order chi connectivity index (χ0) is 24.4. The molecule has 3 aliphatic carbocycles. The highest BCUT2D eigenvalue weighted by Crippen LogP contribution is 2.62. The van der Waals surface area contributed by atoms with Crippen LogP contribution in [-0.2, 0) is 19.6 Å². The summed E-state index contributed by atoms with van der Waals surface area (Å²) in [6.07, 6.45) is 2.79. The number of nitrogens with one attached hydrogen (secondary N) is 1. The predicted molar refractivity (Wildman–Crippen MR) is 126 cm³/mol. The van der Waals surface area contributed by atoms with E-state index in [-0.39, 0.29) is 31.9 Å². The van der Waals surface area contributed by atoms with E-state index in [4.69, 9.17) is 16.3 Å². The number of ketones is 1. The lowest BCUT2D eigenvalue weighted by Crippen LogP contribution is -2.57. The van der Waals surface area contributed by atoms with E-state index in [0.29, 0.717) is 24.8 Å². The van der Waals surface area contributed by atoms with Gasteiger partial charge in [0.25, 0.3) is 10.0 Å². The molecule has 0 heterocycles. The van der Waals surface area contributed by atoms with Crippen LogP contribution in [-0.4, -0.2) is 25.9 Å². The van der Waals surface area contributed by atoms with Crippen molar-refractivity contribution in [1.29, 1.82) is 0 Å². The Labute approximate surface area is 201 Å². The molecule has 0 radical (unpaired) electrons. The van der Waals surface area contributed by atoms with Gasteiger partial charge >= 0.3 is 6.09 Å². The van der Waals surface area contributed by atoms with Crippen LogP contribution in [0.5, 0.6) is 0 Å². The molecule has 2 atom stereocenters. The van der Waals surface area contributed by atoms with Crippen molar-refractivity contribution in [3.05, 3.63) is 40.4 Å². The van der Waals surface area contributed by atoms with Gasteiger partial charge in [-0.1, -0.05) is 63.9 Å². The highest BCUT2D eigenvalue weighted by Gasteiger charge is 2.60. The van der Waals surface area contributed by atoms with E-state index < -0.39 is 21.7 Å². The zero-order valence-electron chi connectivity index (χ0n) is 19.9. The van der Waals surface area contributed by atoms with Crippen molar-refractivity contribution in [2.24, 2.45) is 16.2 Å². The molecular weight excluding hydrogens is 462 g/mol. The van der Waals surface area contributed by atoms with Gasteiger partial charge in [-0.05, 0) is 60.5 Å². The summed E-state index contributed by atoms with van der Waals surface area (Å²) in [7, 11) is -4.23. The van der Waals surface area contributed by atoms with Gasteiger partial charge in [-0.25, -0.2) is 17.9 Å². The molecule has 3 aliphatic rings. The molecule has 1 aromatic carbocycles. The molecule has 2 bridgehead atoms. The molecule has 1 saturated carbocycles. The molecule has 33 heavy (non-hydrogen) atoms. The first-order valence-electron chi connectivity index (χ1n) is 11.3. The molecule has 180 valence electrons. The molecule has 0 saturated heterocycles. The number of rotatable bonds is 3. The molecule has 6 nitrogen and oxygen atoms in total. The minimum absolute atomic E-state index is 0.00256. The maximum atomic E-state index is 13.4. The van der Waals surface area contributed by atoms with Gasteiger partial charge in [-0.15, -0.1) is 0 Å². The minimum Gasteiger partial charge on any atom is -0.437 e. The smallest absolute Gasteiger partial charge is 0.422 e. The van der Waals surface area contributed by atoms with Crippen molar-refractivity contribution in [2.45, 2.75) is 83.6 Å². The van der Waals surface area contributed by atoms with E-state index in [1.807, 2.05) is 4.72 Å². The summed E-state index contributed by atoms with van der Waals surface area (Å²) in [6, 6.07) is 5.90. The van der Waals surface area contributed by atoms with Gasteiger partial charge in [0.2, 0.25) is 0 Å². The first-order chi connectivity index (χ1) is 15.1. The first kappa shape index (κ1) is 24.3. The molecule has 0 spiro atoms. The molecule has 4 rings (SSSR count). The predicted octanol–water partition coefficient (Wildman–Crippen LogP) is 5.80. The number of fused-ring (bicyclic) bond motifs is 3. The lowest BCUT2D eigenvalue weighted by molar-refractivity contribution is -0.128. The standard InChI is InChI=1S/C25H32ClNO5S/c1-22(2)10-16-11-24(5)13-23(3,4)14-25(15-24,20(16)18(28)12-22)32-21(29)27-33(30,31)19-9-7-6-8-17(19)26/h6-9H,10-15H2,1-5H3,(H,27,29). The van der Waals surface area contributed by atoms with Crippen molar-refractivity contribution < 1.29 is 22.7 Å². The number of carbonyl (C=O) groups excluding carboxylic acids is 2. The van der Waals surface area contributed by atoms with Gasteiger partial charge in [0.05, 0.1) is 5.02 Å². The summed E-state index contributed by atoms with van der Waals surface area (Å²) in [4.78, 5) is 26.2. The van der Waals surface area contributed by atoms with Crippen LogP contribution in [0.2, 0.25) is 5.02 Å². The summed E-state index contributed by atoms with van der Waals surface area (Å²) >= 11 is 6.04. The van der Waals surface area contributed by atoms with Crippen molar-refractivity contribution in [3.63, 3.8) is 0 Å². The average Bonchev–Trinajstić information content (AvgIpc) is 2.56. The van der Waals surface area contributed by atoms with E-state index in [9.17, 15) is 18.0 Å². The monoisotopic (exact) mass is 493 g/mol. The number of amides is 1. The fraction of sp³-hybridized carbons (Fsp3) is 0.600. The minimum atomic E-state index is -4.23. The van der Waals surface area contributed by atoms with Crippen LogP contribution in [0.25, 0.3) is 0 Å². The number of sulfonamides is 1. The van der Waals surface area contributed by atoms with Crippen molar-refractivity contribution in [2.75, 3.05) is 0 Å². The molecule has 1 N–H and O–H groups in total. The van der Waals surface area contributed by atoms with E-state index in [1.165, 1.54) is 18.2 Å². The largest absolute Gasteiger partial charge is 0.437 e. The van der Waals surface area contributed by atoms with Crippen LogP contribution in [0.1, 0.15) is 73.1 Å². The fourth-order valence-corrected chi connectivity index (χ4v) is 8.34. The van der Waals surface area contributed by atoms with Crippen LogP contribution in [0.3, 0.4) is 0 Å². The van der Waals surface area contributed by atoms with Crippen LogP contribution in [0.4, 0.5) is 4.79 Å². The van der Waals surface area contributed by atoms with E-state index in [0.717, 1.165) is 24.8 Å². The number of allylic oxidation sites excluding steroid dienone is 1. The molecule has 0 aliphatic heterocycles. The summed E-state index contributed by atoms with van der Waals surface area (Å²) in [6.45, 7) is 10.6. The quantitative estimate of drug-likeness (QED) is 0.574. The third kappa shape index (κ3) is 4.59. The number of hydrogen-bond acceptors (Lipinski definition) is 5. The summed E-state index contributed by atoms with van der Waals surface area (Å²) < 4.78 is 33.7. The molecule has 1 fully saturated rings. The molecule has 2 unspecified atom stereocenters.